The maximum absolute atomic E-state index is 11.9. The standard InChI is InChI=1S/C10H7N5O7/c16-8-9(13(17)18,6-7-4-2-1-3-5-7)10(12-11-8,14(19)20)15(21)22/h1-5H,6H2. The van der Waals surface area contributed by atoms with Crippen LogP contribution in [-0.2, 0) is 11.2 Å². The third-order valence-electron chi connectivity index (χ3n) is 3.31. The molecule has 1 heterocycles. The Labute approximate surface area is 120 Å². The van der Waals surface area contributed by atoms with Gasteiger partial charge in [-0.1, -0.05) is 35.4 Å². The zero-order chi connectivity index (χ0) is 16.5. The van der Waals surface area contributed by atoms with E-state index < -0.39 is 38.4 Å². The van der Waals surface area contributed by atoms with Gasteiger partial charge in [0.2, 0.25) is 0 Å². The first-order valence-electron chi connectivity index (χ1n) is 5.74. The molecule has 0 fully saturated rings. The molecule has 0 radical (unpaired) electrons. The monoisotopic (exact) mass is 309 g/mol. The number of azo groups is 1. The smallest absolute Gasteiger partial charge is 0.263 e. The average molecular weight is 309 g/mol. The number of nitro groups is 3. The SMILES string of the molecule is O=C1N=NC([N+](=O)[O-])([N+](=O)[O-])C1(Cc1ccccc1)[N+](=O)[O-]. The second-order valence-electron chi connectivity index (χ2n) is 4.43. The van der Waals surface area contributed by atoms with Crippen LogP contribution in [0.3, 0.4) is 0 Å². The normalized spacial score (nSPS) is 22.5. The largest absolute Gasteiger partial charge is 0.657 e. The van der Waals surface area contributed by atoms with Crippen LogP contribution in [0.5, 0.6) is 0 Å². The summed E-state index contributed by atoms with van der Waals surface area (Å²) in [5.41, 5.74) is -3.10. The molecule has 0 spiro atoms. The van der Waals surface area contributed by atoms with Crippen molar-refractivity contribution in [1.82, 2.24) is 0 Å². The Bertz CT molecular complexity index is 689. The van der Waals surface area contributed by atoms with Crippen molar-refractivity contribution in [3.63, 3.8) is 0 Å². The van der Waals surface area contributed by atoms with Gasteiger partial charge < -0.3 is 0 Å². The van der Waals surface area contributed by atoms with E-state index in [1.165, 1.54) is 24.3 Å². The van der Waals surface area contributed by atoms with E-state index in [0.717, 1.165) is 0 Å². The van der Waals surface area contributed by atoms with Crippen molar-refractivity contribution in [2.24, 2.45) is 10.2 Å². The molecule has 0 saturated carbocycles. The molecule has 2 rings (SSSR count). The lowest BCUT2D eigenvalue weighted by atomic mass is 9.85. The summed E-state index contributed by atoms with van der Waals surface area (Å²) in [7, 11) is 0. The van der Waals surface area contributed by atoms with Crippen molar-refractivity contribution in [1.29, 1.82) is 0 Å². The number of carbonyl (C=O) groups excluding carboxylic acids is 1. The number of nitrogens with zero attached hydrogens (tertiary/aromatic N) is 5. The van der Waals surface area contributed by atoms with Gasteiger partial charge in [-0.15, -0.1) is 0 Å². The van der Waals surface area contributed by atoms with Gasteiger partial charge in [-0.3, -0.25) is 35.1 Å². The summed E-state index contributed by atoms with van der Waals surface area (Å²) in [6.45, 7) is 0. The van der Waals surface area contributed by atoms with Crippen molar-refractivity contribution in [2.45, 2.75) is 17.7 Å². The van der Waals surface area contributed by atoms with Crippen LogP contribution in [0, 0.1) is 30.3 Å². The summed E-state index contributed by atoms with van der Waals surface area (Å²) < 4.78 is 0. The van der Waals surface area contributed by atoms with Crippen molar-refractivity contribution < 1.29 is 19.6 Å². The predicted molar refractivity (Wildman–Crippen MR) is 66.5 cm³/mol. The summed E-state index contributed by atoms with van der Waals surface area (Å²) in [6.07, 6.45) is -0.880. The van der Waals surface area contributed by atoms with Gasteiger partial charge in [-0.25, -0.2) is 0 Å². The Hall–Kier alpha value is -3.31. The Morgan fingerprint density at radius 3 is 1.95 bits per heavy atom. The van der Waals surface area contributed by atoms with Gasteiger partial charge in [0.05, 0.1) is 11.3 Å². The molecule has 0 aromatic heterocycles. The molecule has 1 atom stereocenters. The second-order valence-corrected chi connectivity index (χ2v) is 4.43. The zero-order valence-electron chi connectivity index (χ0n) is 10.7. The summed E-state index contributed by atoms with van der Waals surface area (Å²) in [5, 5.41) is 39.3. The number of amides is 1. The summed E-state index contributed by atoms with van der Waals surface area (Å²) in [6, 6.07) is 7.21. The van der Waals surface area contributed by atoms with E-state index in [0.29, 0.717) is 0 Å². The minimum atomic E-state index is -3.69. The number of hydrogen-bond acceptors (Lipinski definition) is 8. The molecule has 1 aliphatic heterocycles. The zero-order valence-corrected chi connectivity index (χ0v) is 10.7. The molecule has 0 bridgehead atoms. The Kier molecular flexibility index (Phi) is 3.36. The van der Waals surface area contributed by atoms with Gasteiger partial charge in [-0.05, 0) is 10.7 Å². The third kappa shape index (κ3) is 1.73. The molecule has 0 N–H and O–H groups in total. The van der Waals surface area contributed by atoms with Crippen LogP contribution < -0.4 is 0 Å². The van der Waals surface area contributed by atoms with E-state index in [1.54, 1.807) is 6.07 Å². The summed E-state index contributed by atoms with van der Waals surface area (Å²) >= 11 is 0. The highest BCUT2D eigenvalue weighted by molar-refractivity contribution is 5.88. The molecule has 12 heteroatoms. The van der Waals surface area contributed by atoms with Gasteiger partial charge in [0, 0.05) is 0 Å². The Balaban J connectivity index is 2.70. The third-order valence-corrected chi connectivity index (χ3v) is 3.31. The van der Waals surface area contributed by atoms with E-state index in [1.807, 2.05) is 0 Å². The van der Waals surface area contributed by atoms with Crippen molar-refractivity contribution in [2.75, 3.05) is 0 Å². The van der Waals surface area contributed by atoms with E-state index in [4.69, 9.17) is 0 Å². The minimum absolute atomic E-state index is 0.132. The molecule has 1 unspecified atom stereocenters. The topological polar surface area (TPSA) is 171 Å². The first-order chi connectivity index (χ1) is 10.3. The van der Waals surface area contributed by atoms with Crippen LogP contribution in [0.15, 0.2) is 40.6 Å². The van der Waals surface area contributed by atoms with Crippen LogP contribution >= 0.6 is 0 Å². The van der Waals surface area contributed by atoms with Crippen LogP contribution in [0.2, 0.25) is 0 Å². The van der Waals surface area contributed by atoms with Gasteiger partial charge in [-0.2, -0.15) is 0 Å². The maximum atomic E-state index is 11.9. The molecule has 0 aliphatic carbocycles. The lowest BCUT2D eigenvalue weighted by molar-refractivity contribution is -0.841. The summed E-state index contributed by atoms with van der Waals surface area (Å²) in [5.74, 6) is -5.32. The quantitative estimate of drug-likeness (QED) is 0.431. The maximum Gasteiger partial charge on any atom is 0.657 e. The molecule has 114 valence electrons. The van der Waals surface area contributed by atoms with E-state index in [2.05, 4.69) is 10.2 Å². The minimum Gasteiger partial charge on any atom is -0.263 e. The lowest BCUT2D eigenvalue weighted by Crippen LogP contribution is -2.68. The van der Waals surface area contributed by atoms with Gasteiger partial charge >= 0.3 is 17.2 Å². The van der Waals surface area contributed by atoms with Crippen molar-refractivity contribution in [3.8, 4) is 0 Å². The molecule has 1 aliphatic rings. The number of hydrogen-bond donors (Lipinski definition) is 0. The molecular formula is C10H7N5O7. The lowest BCUT2D eigenvalue weighted by Gasteiger charge is -2.20. The molecule has 12 nitrogen and oxygen atoms in total. The van der Waals surface area contributed by atoms with Crippen LogP contribution in [-0.4, -0.2) is 32.0 Å². The molecule has 0 saturated heterocycles. The molecule has 1 amide bonds. The molecule has 1 aromatic carbocycles. The fourth-order valence-corrected chi connectivity index (χ4v) is 2.22. The Morgan fingerprint density at radius 2 is 1.50 bits per heavy atom. The fourth-order valence-electron chi connectivity index (χ4n) is 2.22. The van der Waals surface area contributed by atoms with Crippen LogP contribution in [0.4, 0.5) is 0 Å². The molecule has 1 aromatic rings. The first-order valence-corrected chi connectivity index (χ1v) is 5.74. The van der Waals surface area contributed by atoms with Crippen LogP contribution in [0.25, 0.3) is 0 Å². The Morgan fingerprint density at radius 1 is 0.955 bits per heavy atom. The first kappa shape index (κ1) is 15.1. The van der Waals surface area contributed by atoms with Gasteiger partial charge in [0.25, 0.3) is 0 Å². The average Bonchev–Trinajstić information content (AvgIpc) is 2.75. The van der Waals surface area contributed by atoms with Gasteiger partial charge in [0.15, 0.2) is 0 Å². The summed E-state index contributed by atoms with van der Waals surface area (Å²) in [4.78, 5) is 41.1. The van der Waals surface area contributed by atoms with Crippen molar-refractivity contribution >= 4 is 5.91 Å². The van der Waals surface area contributed by atoms with E-state index in [-0.39, 0.29) is 5.56 Å². The van der Waals surface area contributed by atoms with E-state index in [9.17, 15) is 35.1 Å². The number of benzene rings is 1. The molecular weight excluding hydrogens is 302 g/mol. The second kappa shape index (κ2) is 4.91. The van der Waals surface area contributed by atoms with Gasteiger partial charge in [0.1, 0.15) is 9.85 Å². The molecule has 22 heavy (non-hydrogen) atoms. The highest BCUT2D eigenvalue weighted by Gasteiger charge is 2.90. The van der Waals surface area contributed by atoms with E-state index >= 15 is 0 Å². The predicted octanol–water partition coefficient (Wildman–Crippen LogP) is 0.444. The number of carbonyl (C=O) groups is 1. The highest BCUT2D eigenvalue weighted by Crippen LogP contribution is 2.40. The highest BCUT2D eigenvalue weighted by atomic mass is 16.7. The van der Waals surface area contributed by atoms with Crippen molar-refractivity contribution in [3.05, 3.63) is 66.2 Å². The van der Waals surface area contributed by atoms with Crippen LogP contribution in [0.1, 0.15) is 5.56 Å². The fraction of sp³-hybridized carbons (Fsp3) is 0.300. The number of rotatable bonds is 5.